The minimum Gasteiger partial charge on any atom is -0.356 e. The van der Waals surface area contributed by atoms with E-state index in [1.54, 1.807) is 0 Å². The van der Waals surface area contributed by atoms with Crippen LogP contribution in [0.2, 0.25) is 0 Å². The average molecular weight is 457 g/mol. The predicted octanol–water partition coefficient (Wildman–Crippen LogP) is 9.20. The zero-order valence-corrected chi connectivity index (χ0v) is 20.4. The van der Waals surface area contributed by atoms with Crippen molar-refractivity contribution in [2.75, 3.05) is 5.32 Å². The number of benzene rings is 5. The van der Waals surface area contributed by atoms with Gasteiger partial charge in [0.2, 0.25) is 0 Å². The Morgan fingerprint density at radius 2 is 1.29 bits per heavy atom. The van der Waals surface area contributed by atoms with E-state index in [1.165, 1.54) is 49.7 Å². The summed E-state index contributed by atoms with van der Waals surface area (Å²) in [6, 6.07) is 22.5. The van der Waals surface area contributed by atoms with Crippen LogP contribution in [0.5, 0.6) is 0 Å². The van der Waals surface area contributed by atoms with Crippen LogP contribution in [0.3, 0.4) is 0 Å². The van der Waals surface area contributed by atoms with Gasteiger partial charge in [0.25, 0.3) is 0 Å². The molecule has 2 aliphatic carbocycles. The Morgan fingerprint density at radius 1 is 0.600 bits per heavy atom. The second kappa shape index (κ2) is 6.86. The number of para-hydroxylation sites is 1. The second-order valence-electron chi connectivity index (χ2n) is 10.8. The molecule has 0 aliphatic heterocycles. The Labute approximate surface area is 214 Å². The van der Waals surface area contributed by atoms with E-state index in [2.05, 4.69) is 93.7 Å². The quantitative estimate of drug-likeness (QED) is 0.279. The lowest BCUT2D eigenvalue weighted by Gasteiger charge is -2.24. The fraction of sp³-hybridized carbons (Fsp3) is 0.176. The molecular weight excluding hydrogens is 422 g/mol. The first-order valence-electron chi connectivity index (χ1n) is 14.6. The van der Waals surface area contributed by atoms with Gasteiger partial charge in [0.05, 0.1) is 6.85 Å². The summed E-state index contributed by atoms with van der Waals surface area (Å²) in [5.41, 5.74) is 10.5. The lowest BCUT2D eigenvalue weighted by Crippen LogP contribution is -2.17. The highest BCUT2D eigenvalue weighted by atomic mass is 14.9. The van der Waals surface area contributed by atoms with Crippen molar-refractivity contribution in [2.24, 2.45) is 0 Å². The van der Waals surface area contributed by atoms with Crippen LogP contribution in [0, 0.1) is 0 Å². The van der Waals surface area contributed by atoms with Gasteiger partial charge < -0.3 is 5.32 Å². The highest BCUT2D eigenvalue weighted by molar-refractivity contribution is 6.03. The predicted molar refractivity (Wildman–Crippen MR) is 149 cm³/mol. The van der Waals surface area contributed by atoms with Crippen molar-refractivity contribution in [1.82, 2.24) is 0 Å². The molecular formula is C34H29N. The van der Waals surface area contributed by atoms with Crippen molar-refractivity contribution < 1.29 is 6.85 Å². The Hall–Kier alpha value is -3.84. The highest BCUT2D eigenvalue weighted by Gasteiger charge is 2.42. The van der Waals surface area contributed by atoms with Crippen molar-refractivity contribution in [1.29, 1.82) is 0 Å². The van der Waals surface area contributed by atoms with Crippen LogP contribution in [0.4, 0.5) is 11.4 Å². The summed E-state index contributed by atoms with van der Waals surface area (Å²) in [5.74, 6) is 0. The van der Waals surface area contributed by atoms with Crippen molar-refractivity contribution in [3.8, 4) is 22.3 Å². The third-order valence-corrected chi connectivity index (χ3v) is 8.13. The summed E-state index contributed by atoms with van der Waals surface area (Å²) >= 11 is 0. The first-order valence-corrected chi connectivity index (χ1v) is 12.1. The molecule has 0 heterocycles. The fourth-order valence-electron chi connectivity index (χ4n) is 6.27. The lowest BCUT2D eigenvalue weighted by molar-refractivity contribution is 0.652. The van der Waals surface area contributed by atoms with Crippen molar-refractivity contribution in [3.05, 3.63) is 119 Å². The Kier molecular flexibility index (Phi) is 3.12. The van der Waals surface area contributed by atoms with Crippen molar-refractivity contribution >= 4 is 22.1 Å². The van der Waals surface area contributed by atoms with E-state index < -0.39 is 6.04 Å². The topological polar surface area (TPSA) is 12.0 Å². The molecule has 2 aliphatic rings. The molecule has 0 unspecified atom stereocenters. The first kappa shape index (κ1) is 15.9. The van der Waals surface area contributed by atoms with Crippen LogP contribution in [-0.4, -0.2) is 0 Å². The van der Waals surface area contributed by atoms with Crippen LogP contribution in [0.25, 0.3) is 33.0 Å². The Bertz CT molecular complexity index is 1910. The second-order valence-corrected chi connectivity index (χ2v) is 10.8. The zero-order chi connectivity index (χ0) is 28.3. The number of hydrogen-bond acceptors (Lipinski definition) is 1. The van der Waals surface area contributed by atoms with E-state index in [1.807, 2.05) is 6.07 Å². The van der Waals surface area contributed by atoms with Gasteiger partial charge in [0.1, 0.15) is 0 Å². The molecule has 0 atom stereocenters. The maximum Gasteiger partial charge on any atom is 0.0645 e. The monoisotopic (exact) mass is 456 g/mol. The van der Waals surface area contributed by atoms with Gasteiger partial charge in [-0.25, -0.2) is 0 Å². The summed E-state index contributed by atoms with van der Waals surface area (Å²) < 4.78 is 40.6. The van der Waals surface area contributed by atoms with Gasteiger partial charge in [-0.3, -0.25) is 0 Å². The molecule has 0 saturated heterocycles. The van der Waals surface area contributed by atoms with E-state index in [9.17, 15) is 0 Å². The molecule has 0 radical (unpaired) electrons. The standard InChI is InChI=1S/C34H29N/c1-33(2)28-17-14-21-10-8-9-13-24(21)32(28)27-20-30-26(19-31(27)33)25-16-15-23(18-29(25)34(30,3)4)35-22-11-6-5-7-12-22/h5-20,35H,1-4H3/i5D,6D,7D,11D,12D. The van der Waals surface area contributed by atoms with E-state index in [4.69, 9.17) is 6.85 Å². The summed E-state index contributed by atoms with van der Waals surface area (Å²) in [4.78, 5) is 0. The van der Waals surface area contributed by atoms with Crippen LogP contribution in [0.15, 0.2) is 96.9 Å². The molecule has 0 fully saturated rings. The number of rotatable bonds is 2. The Balaban J connectivity index is 1.38. The van der Waals surface area contributed by atoms with Gasteiger partial charge in [-0.15, -0.1) is 0 Å². The van der Waals surface area contributed by atoms with E-state index >= 15 is 0 Å². The molecule has 5 aromatic rings. The highest BCUT2D eigenvalue weighted by Crippen LogP contribution is 2.57. The van der Waals surface area contributed by atoms with Crippen LogP contribution < -0.4 is 5.32 Å². The molecule has 1 N–H and O–H groups in total. The smallest absolute Gasteiger partial charge is 0.0645 e. The zero-order valence-electron chi connectivity index (χ0n) is 25.4. The number of hydrogen-bond donors (Lipinski definition) is 1. The third kappa shape index (κ3) is 2.76. The van der Waals surface area contributed by atoms with E-state index in [0.29, 0.717) is 5.69 Å². The maximum atomic E-state index is 8.32. The van der Waals surface area contributed by atoms with Gasteiger partial charge in [0, 0.05) is 22.2 Å². The normalized spacial score (nSPS) is 17.9. The van der Waals surface area contributed by atoms with Crippen LogP contribution in [-0.2, 0) is 10.8 Å². The first-order chi connectivity index (χ1) is 18.9. The van der Waals surface area contributed by atoms with Gasteiger partial charge in [-0.2, -0.15) is 0 Å². The van der Waals surface area contributed by atoms with E-state index in [0.717, 1.165) is 5.56 Å². The van der Waals surface area contributed by atoms with Crippen LogP contribution in [0.1, 0.15) is 56.8 Å². The molecule has 0 saturated carbocycles. The van der Waals surface area contributed by atoms with Crippen molar-refractivity contribution in [3.63, 3.8) is 0 Å². The van der Waals surface area contributed by atoms with Gasteiger partial charge in [0.15, 0.2) is 0 Å². The van der Waals surface area contributed by atoms with E-state index in [-0.39, 0.29) is 40.7 Å². The van der Waals surface area contributed by atoms with Gasteiger partial charge in [-0.05, 0) is 91.6 Å². The summed E-state index contributed by atoms with van der Waals surface area (Å²) in [6.45, 7) is 9.10. The molecule has 35 heavy (non-hydrogen) atoms. The molecule has 170 valence electrons. The number of nitrogens with one attached hydrogen (secondary N) is 1. The molecule has 0 amide bonds. The summed E-state index contributed by atoms with van der Waals surface area (Å²) in [5, 5.41) is 5.67. The van der Waals surface area contributed by atoms with Gasteiger partial charge in [-0.1, -0.05) is 88.3 Å². The molecule has 0 bridgehead atoms. The minimum absolute atomic E-state index is 0.0866. The maximum absolute atomic E-state index is 8.32. The molecule has 0 spiro atoms. The average Bonchev–Trinajstić information content (AvgIpc) is 3.31. The molecule has 5 aromatic carbocycles. The minimum atomic E-state index is -0.392. The Morgan fingerprint density at radius 3 is 2.11 bits per heavy atom. The summed E-state index contributed by atoms with van der Waals surface area (Å²) in [7, 11) is 0. The molecule has 1 nitrogen and oxygen atoms in total. The SMILES string of the molecule is [2H]c1c([2H])c([2H])c(Nc2ccc3c(c2)C(C)(C)c2cc4c(cc2-3)C(C)(C)c2ccc3ccccc3c2-4)c([2H])c1[2H]. The molecule has 0 aromatic heterocycles. The van der Waals surface area contributed by atoms with Crippen molar-refractivity contribution in [2.45, 2.75) is 38.5 Å². The summed E-state index contributed by atoms with van der Waals surface area (Å²) in [6.07, 6.45) is 0. The third-order valence-electron chi connectivity index (χ3n) is 8.13. The molecule has 1 heteroatoms. The number of anilines is 2. The fourth-order valence-corrected chi connectivity index (χ4v) is 6.27. The van der Waals surface area contributed by atoms with Crippen LogP contribution >= 0.6 is 0 Å². The number of fused-ring (bicyclic) bond motifs is 8. The largest absolute Gasteiger partial charge is 0.356 e. The lowest BCUT2D eigenvalue weighted by atomic mass is 9.79. The molecule has 7 rings (SSSR count). The van der Waals surface area contributed by atoms with Gasteiger partial charge >= 0.3 is 0 Å².